The van der Waals surface area contributed by atoms with Crippen molar-refractivity contribution >= 4 is 29.3 Å². The van der Waals surface area contributed by atoms with Crippen molar-refractivity contribution in [2.75, 3.05) is 25.3 Å². The Bertz CT molecular complexity index is 1310. The van der Waals surface area contributed by atoms with Crippen LogP contribution >= 0.6 is 11.8 Å². The average Bonchev–Trinajstić information content (AvgIpc) is 2.96. The first-order valence-electron chi connectivity index (χ1n) is 13.3. The monoisotopic (exact) mass is 560 g/mol. The van der Waals surface area contributed by atoms with Crippen molar-refractivity contribution in [1.29, 1.82) is 0 Å². The molecule has 0 saturated carbocycles. The molecule has 210 valence electrons. The number of benzene rings is 2. The molecule has 2 amide bonds. The smallest absolute Gasteiger partial charge is 0.247 e. The van der Waals surface area contributed by atoms with E-state index in [9.17, 15) is 9.59 Å². The van der Waals surface area contributed by atoms with Crippen molar-refractivity contribution in [2.45, 2.75) is 50.9 Å². The molecule has 9 heteroatoms. The van der Waals surface area contributed by atoms with Crippen LogP contribution in [0.25, 0.3) is 0 Å². The van der Waals surface area contributed by atoms with Crippen LogP contribution < -0.4 is 14.8 Å². The molecule has 2 atom stereocenters. The summed E-state index contributed by atoms with van der Waals surface area (Å²) in [6.07, 6.45) is 6.65. The van der Waals surface area contributed by atoms with Crippen LogP contribution in [0.4, 0.5) is 5.69 Å². The summed E-state index contributed by atoms with van der Waals surface area (Å²) in [7, 11) is 3.22. The minimum atomic E-state index is -0.664. The Morgan fingerprint density at radius 1 is 0.975 bits per heavy atom. The molecule has 1 aromatic heterocycles. The van der Waals surface area contributed by atoms with Crippen LogP contribution in [0.15, 0.2) is 71.9 Å². The fourth-order valence-corrected chi connectivity index (χ4v) is 5.68. The van der Waals surface area contributed by atoms with Gasteiger partial charge >= 0.3 is 0 Å². The highest BCUT2D eigenvalue weighted by molar-refractivity contribution is 7.99. The van der Waals surface area contributed by atoms with E-state index in [1.165, 1.54) is 11.8 Å². The molecule has 0 radical (unpaired) electrons. The molecular weight excluding hydrogens is 524 g/mol. The molecule has 4 rings (SSSR count). The summed E-state index contributed by atoms with van der Waals surface area (Å²) in [4.78, 5) is 38.6. The number of methoxy groups -OCH3 is 2. The summed E-state index contributed by atoms with van der Waals surface area (Å²) >= 11 is 1.29. The van der Waals surface area contributed by atoms with Gasteiger partial charge in [-0.2, -0.15) is 0 Å². The molecule has 1 aliphatic rings. The molecule has 0 aliphatic heterocycles. The molecule has 2 aromatic carbocycles. The zero-order valence-corrected chi connectivity index (χ0v) is 24.2. The van der Waals surface area contributed by atoms with E-state index >= 15 is 0 Å². The van der Waals surface area contributed by atoms with Crippen molar-refractivity contribution in [1.82, 2.24) is 14.9 Å². The molecule has 0 saturated heterocycles. The predicted molar refractivity (Wildman–Crippen MR) is 158 cm³/mol. The minimum Gasteiger partial charge on any atom is -0.497 e. The number of rotatable bonds is 11. The standard InChI is InChI=1S/C31H36N4O4S/c1-21-18-22(2)33-31(32-21)40-20-28(36)35(19-23-10-14-26(38-3)15-11-23)29(24-8-6-5-7-9-24)30(37)34-25-12-16-27(39-4)17-13-25/h5-6,10-18,24,29H,7-9,19-20H2,1-4H3,(H,34,37)/t24-,29-/m1/s1. The number of carbonyl (C=O) groups is 2. The third-order valence-corrected chi connectivity index (χ3v) is 7.67. The van der Waals surface area contributed by atoms with Crippen LogP contribution in [0.2, 0.25) is 0 Å². The molecule has 3 aromatic rings. The lowest BCUT2D eigenvalue weighted by atomic mass is 9.86. The van der Waals surface area contributed by atoms with Gasteiger partial charge in [-0.3, -0.25) is 9.59 Å². The van der Waals surface area contributed by atoms with Gasteiger partial charge < -0.3 is 19.7 Å². The van der Waals surface area contributed by atoms with Crippen LogP contribution in [0, 0.1) is 19.8 Å². The highest BCUT2D eigenvalue weighted by Crippen LogP contribution is 2.29. The number of aromatic nitrogens is 2. The Labute approximate surface area is 240 Å². The zero-order chi connectivity index (χ0) is 28.5. The normalized spacial score (nSPS) is 15.2. The fraction of sp³-hybridized carbons (Fsp3) is 0.355. The second-order valence-corrected chi connectivity index (χ2v) is 10.7. The van der Waals surface area contributed by atoms with Gasteiger partial charge in [0, 0.05) is 23.6 Å². The first-order chi connectivity index (χ1) is 19.4. The van der Waals surface area contributed by atoms with E-state index < -0.39 is 6.04 Å². The largest absolute Gasteiger partial charge is 0.497 e. The van der Waals surface area contributed by atoms with Crippen LogP contribution in [-0.4, -0.2) is 52.7 Å². The first kappa shape index (κ1) is 29.1. The van der Waals surface area contributed by atoms with Gasteiger partial charge in [0.15, 0.2) is 5.16 Å². The molecule has 0 fully saturated rings. The summed E-state index contributed by atoms with van der Waals surface area (Å²) in [5.74, 6) is 1.18. The molecule has 0 bridgehead atoms. The number of thioether (sulfide) groups is 1. The Morgan fingerprint density at radius 3 is 2.17 bits per heavy atom. The number of aryl methyl sites for hydroxylation is 2. The van der Waals surface area contributed by atoms with Crippen LogP contribution in [0.3, 0.4) is 0 Å². The molecule has 1 heterocycles. The summed E-state index contributed by atoms with van der Waals surface area (Å²) in [5, 5.41) is 3.61. The van der Waals surface area contributed by atoms with Crippen LogP contribution in [0.1, 0.15) is 36.2 Å². The highest BCUT2D eigenvalue weighted by Gasteiger charge is 2.36. The van der Waals surface area contributed by atoms with E-state index in [0.29, 0.717) is 16.6 Å². The fourth-order valence-electron chi connectivity index (χ4n) is 4.84. The Morgan fingerprint density at radius 2 is 1.60 bits per heavy atom. The number of nitrogens with one attached hydrogen (secondary N) is 1. The third kappa shape index (κ3) is 7.85. The van der Waals surface area contributed by atoms with Crippen LogP contribution in [0.5, 0.6) is 11.5 Å². The molecule has 0 unspecified atom stereocenters. The quantitative estimate of drug-likeness (QED) is 0.185. The van der Waals surface area contributed by atoms with E-state index in [2.05, 4.69) is 27.4 Å². The number of nitrogens with zero attached hydrogens (tertiary/aromatic N) is 3. The van der Waals surface area contributed by atoms with Crippen molar-refractivity contribution in [3.8, 4) is 11.5 Å². The van der Waals surface area contributed by atoms with E-state index in [1.54, 1.807) is 43.4 Å². The van der Waals surface area contributed by atoms with Gasteiger partial charge in [0.2, 0.25) is 11.8 Å². The van der Waals surface area contributed by atoms with Gasteiger partial charge in [-0.25, -0.2) is 9.97 Å². The van der Waals surface area contributed by atoms with Crippen molar-refractivity contribution < 1.29 is 19.1 Å². The third-order valence-electron chi connectivity index (χ3n) is 6.84. The van der Waals surface area contributed by atoms with Gasteiger partial charge in [-0.1, -0.05) is 36.0 Å². The van der Waals surface area contributed by atoms with Gasteiger partial charge in [0.25, 0.3) is 0 Å². The van der Waals surface area contributed by atoms with Gasteiger partial charge in [0.05, 0.1) is 20.0 Å². The summed E-state index contributed by atoms with van der Waals surface area (Å²) in [6.45, 7) is 4.11. The van der Waals surface area contributed by atoms with Crippen molar-refractivity contribution in [3.63, 3.8) is 0 Å². The molecule has 1 N–H and O–H groups in total. The maximum Gasteiger partial charge on any atom is 0.247 e. The number of allylic oxidation sites excluding steroid dienone is 2. The lowest BCUT2D eigenvalue weighted by molar-refractivity contribution is -0.139. The lowest BCUT2D eigenvalue weighted by Gasteiger charge is -2.37. The minimum absolute atomic E-state index is 0.0205. The van der Waals surface area contributed by atoms with Gasteiger partial charge in [0.1, 0.15) is 17.5 Å². The maximum absolute atomic E-state index is 14.0. The SMILES string of the molecule is COc1ccc(CN(C(=O)CSc2nc(C)cc(C)n2)[C@@H](C(=O)Nc2ccc(OC)cc2)[C@@H]2CC=CCC2)cc1. The maximum atomic E-state index is 14.0. The van der Waals surface area contributed by atoms with Gasteiger partial charge in [-0.15, -0.1) is 0 Å². The van der Waals surface area contributed by atoms with E-state index in [0.717, 1.165) is 42.0 Å². The zero-order valence-electron chi connectivity index (χ0n) is 23.4. The van der Waals surface area contributed by atoms with E-state index in [1.807, 2.05) is 44.2 Å². The Balaban J connectivity index is 1.64. The predicted octanol–water partition coefficient (Wildman–Crippen LogP) is 5.60. The number of ether oxygens (including phenoxy) is 2. The second-order valence-electron chi connectivity index (χ2n) is 9.80. The van der Waals surface area contributed by atoms with Gasteiger partial charge in [-0.05, 0) is 87.1 Å². The molecule has 1 aliphatic carbocycles. The molecule has 8 nitrogen and oxygen atoms in total. The first-order valence-corrected chi connectivity index (χ1v) is 14.3. The number of hydrogen-bond donors (Lipinski definition) is 1. The number of hydrogen-bond acceptors (Lipinski definition) is 7. The number of anilines is 1. The number of carbonyl (C=O) groups excluding carboxylic acids is 2. The number of amides is 2. The van der Waals surface area contributed by atoms with Crippen LogP contribution in [-0.2, 0) is 16.1 Å². The summed E-state index contributed by atoms with van der Waals surface area (Å²) in [5.41, 5.74) is 3.26. The topological polar surface area (TPSA) is 93.7 Å². The molecule has 0 spiro atoms. The van der Waals surface area contributed by atoms with Crippen molar-refractivity contribution in [2.24, 2.45) is 5.92 Å². The van der Waals surface area contributed by atoms with E-state index in [-0.39, 0.29) is 30.0 Å². The summed E-state index contributed by atoms with van der Waals surface area (Å²) in [6, 6.07) is 16.0. The highest BCUT2D eigenvalue weighted by atomic mass is 32.2. The van der Waals surface area contributed by atoms with E-state index in [4.69, 9.17) is 9.47 Å². The second kappa shape index (κ2) is 14.0. The Hall–Kier alpha value is -3.85. The average molecular weight is 561 g/mol. The molecule has 40 heavy (non-hydrogen) atoms. The summed E-state index contributed by atoms with van der Waals surface area (Å²) < 4.78 is 10.6. The van der Waals surface area contributed by atoms with Crippen molar-refractivity contribution in [3.05, 3.63) is 83.7 Å². The molecular formula is C31H36N4O4S. The Kier molecular flexibility index (Phi) is 10.2. The lowest BCUT2D eigenvalue weighted by Crippen LogP contribution is -2.51.